The van der Waals surface area contributed by atoms with Gasteiger partial charge in [-0.05, 0) is 95.3 Å². The molecule has 0 atom stereocenters. The fourth-order valence-corrected chi connectivity index (χ4v) is 17.9. The Hall–Kier alpha value is -8.21. The van der Waals surface area contributed by atoms with Crippen molar-refractivity contribution < 1.29 is 40.4 Å². The van der Waals surface area contributed by atoms with Gasteiger partial charge in [-0.1, -0.05) is 405 Å². The minimum absolute atomic E-state index is 0. The zero-order valence-corrected chi connectivity index (χ0v) is 57.2. The van der Waals surface area contributed by atoms with Crippen LogP contribution in [-0.2, 0) is 33.9 Å². The first-order valence-corrected chi connectivity index (χ1v) is 34.7. The summed E-state index contributed by atoms with van der Waals surface area (Å²) in [7, 11) is -1.78. The Kier molecular flexibility index (Phi) is 40.3. The van der Waals surface area contributed by atoms with Crippen molar-refractivity contribution in [3.8, 4) is 0 Å². The van der Waals surface area contributed by atoms with Gasteiger partial charge in [-0.3, -0.25) is 0 Å². The smallest absolute Gasteiger partial charge is 0.373 e. The zero-order chi connectivity index (χ0) is 62.5. The van der Waals surface area contributed by atoms with Crippen molar-refractivity contribution in [2.24, 2.45) is 0 Å². The minimum atomic E-state index is -0.500. The maximum atomic E-state index is 8.25. The number of hydrogen-bond donors (Lipinski definition) is 1. The van der Waals surface area contributed by atoms with Crippen molar-refractivity contribution in [2.75, 3.05) is 0 Å². The molecule has 0 saturated carbocycles. The third-order valence-electron chi connectivity index (χ3n) is 12.2. The molecule has 0 heterocycles. The molecule has 0 radical (unpaired) electrons. The second-order valence-corrected chi connectivity index (χ2v) is 27.8. The average molecular weight is 1350 g/mol. The van der Waals surface area contributed by atoms with E-state index < -0.39 is 38.2 Å². The first-order chi connectivity index (χ1) is 43.5. The molecule has 10 heteroatoms. The molecule has 0 amide bonds. The van der Waals surface area contributed by atoms with Crippen molar-refractivity contribution in [3.63, 3.8) is 0 Å². The average Bonchev–Trinajstić information content (AvgIpc) is 2.34. The molecule has 0 aliphatic rings. The molecule has 0 aliphatic carbocycles. The van der Waals surface area contributed by atoms with Crippen molar-refractivity contribution >= 4 is 108 Å². The van der Waals surface area contributed by atoms with Gasteiger partial charge in [0, 0.05) is 27.4 Å². The van der Waals surface area contributed by atoms with Crippen LogP contribution in [0.3, 0.4) is 0 Å². The van der Waals surface area contributed by atoms with E-state index in [1.165, 1.54) is 76.5 Å². The van der Waals surface area contributed by atoms with Gasteiger partial charge in [-0.2, -0.15) is 9.59 Å². The Labute approximate surface area is 555 Å². The van der Waals surface area contributed by atoms with Crippen molar-refractivity contribution in [1.82, 2.24) is 6.15 Å². The molecule has 0 aliphatic heterocycles. The third kappa shape index (κ3) is 26.9. The van der Waals surface area contributed by atoms with Crippen LogP contribution in [0.2, 0.25) is 0 Å². The standard InChI is InChI=1S/4C18H15P.2C3H8.CH2O2.CO2.H3N.Ru.H2/c4*1-4-10-16(11-5-1)19(17-12-6-2-7-13-17)18-14-8-3-9-15-18;2*1-3-2;2*2-1-3;;;/h4*1-15H;2*3H2,1-2H3;1H,(H,2,3);;1H3;;1H. The fourth-order valence-electron chi connectivity index (χ4n) is 8.71. The molecule has 12 aromatic rings. The number of rotatable bonds is 12. The Bertz CT molecular complexity index is 2810. The number of carboxylic acid groups (broad SMARTS) is 1. The van der Waals surface area contributed by atoms with Crippen molar-refractivity contribution in [2.45, 2.75) is 40.5 Å². The maximum Gasteiger partial charge on any atom is 0.373 e. The number of carbonyl (C=O) groups is 1. The minimum Gasteiger partial charge on any atom is -0.554 e. The molecule has 0 bridgehead atoms. The Morgan fingerprint density at radius 3 is 0.367 bits per heavy atom. The van der Waals surface area contributed by atoms with E-state index in [9.17, 15) is 0 Å². The van der Waals surface area contributed by atoms with Gasteiger partial charge in [0.1, 0.15) is 0 Å². The monoisotopic (exact) mass is 1350 g/mol. The largest absolute Gasteiger partial charge is 0.554 e. The fraction of sp³-hybridized carbons (Fsp3) is 0.0750. The van der Waals surface area contributed by atoms with Crippen molar-refractivity contribution in [3.05, 3.63) is 364 Å². The van der Waals surface area contributed by atoms with Gasteiger partial charge < -0.3 is 16.1 Å². The summed E-state index contributed by atoms with van der Waals surface area (Å²) >= 11 is 0. The van der Waals surface area contributed by atoms with E-state index in [0.717, 1.165) is 0 Å². The Morgan fingerprint density at radius 1 is 0.256 bits per heavy atom. The number of carbonyl (C=O) groups excluding carboxylic acids is 3. The molecule has 0 saturated heterocycles. The first kappa shape index (κ1) is 76.0. The Balaban J connectivity index is 0.000000386. The molecule has 5 nitrogen and oxygen atoms in total. The predicted octanol–water partition coefficient (Wildman–Crippen LogP) is 15.0. The van der Waals surface area contributed by atoms with Crippen LogP contribution in [0.25, 0.3) is 0 Å². The quantitative estimate of drug-likeness (QED) is 0.0746. The van der Waals surface area contributed by atoms with Crippen molar-refractivity contribution in [1.29, 1.82) is 0 Å². The predicted molar refractivity (Wildman–Crippen MR) is 392 cm³/mol. The summed E-state index contributed by atoms with van der Waals surface area (Å²) in [6.07, 6.45) is 2.75. The van der Waals surface area contributed by atoms with Crippen LogP contribution in [0.4, 0.5) is 0 Å². The molecular formula is C80H83NO4P4Ru. The van der Waals surface area contributed by atoms with Crippen LogP contribution in [0.1, 0.15) is 42.0 Å². The third-order valence-corrected chi connectivity index (χ3v) is 21.9. The Morgan fingerprint density at radius 2 is 0.311 bits per heavy atom. The van der Waals surface area contributed by atoms with E-state index >= 15 is 0 Å². The number of benzene rings is 12. The first-order valence-electron chi connectivity index (χ1n) is 29.3. The molecule has 0 spiro atoms. The molecule has 0 unspecified atom stereocenters. The summed E-state index contributed by atoms with van der Waals surface area (Å²) in [4.78, 5) is 24.5. The zero-order valence-electron chi connectivity index (χ0n) is 51.9. The van der Waals surface area contributed by atoms with Gasteiger partial charge in [0.2, 0.25) is 0 Å². The van der Waals surface area contributed by atoms with E-state index in [-0.39, 0.29) is 33.2 Å². The number of hydrogen-bond acceptors (Lipinski definition) is 4. The summed E-state index contributed by atoms with van der Waals surface area (Å²) in [5, 5.41) is 25.0. The van der Waals surface area contributed by atoms with Gasteiger partial charge in [0.25, 0.3) is 0 Å². The van der Waals surface area contributed by atoms with Crippen LogP contribution in [0, 0.1) is 0 Å². The molecule has 12 aromatic carbocycles. The van der Waals surface area contributed by atoms with Crippen LogP contribution >= 0.6 is 31.7 Å². The molecule has 0 aromatic heterocycles. The van der Waals surface area contributed by atoms with Gasteiger partial charge >= 0.3 is 6.15 Å². The second-order valence-electron chi connectivity index (χ2n) is 19.0. The van der Waals surface area contributed by atoms with E-state index in [0.29, 0.717) is 0 Å². The molecule has 460 valence electrons. The summed E-state index contributed by atoms with van der Waals surface area (Å²) in [6, 6.07) is 129. The van der Waals surface area contributed by atoms with Crippen LogP contribution in [0.15, 0.2) is 364 Å². The van der Waals surface area contributed by atoms with Gasteiger partial charge in [-0.25, -0.2) is 0 Å². The molecule has 12 rings (SSSR count). The van der Waals surface area contributed by atoms with Crippen LogP contribution < -0.4 is 74.9 Å². The summed E-state index contributed by atoms with van der Waals surface area (Å²) < 4.78 is 0. The number of quaternary nitrogens is 1. The maximum absolute atomic E-state index is 8.25. The molecular weight excluding hydrogens is 1260 g/mol. The van der Waals surface area contributed by atoms with E-state index in [1.54, 1.807) is 0 Å². The molecule has 0 fully saturated rings. The SMILES string of the molecule is CCC.CCC.O=C=O.O=C[O-].[HH].[NH4+].[Ru].c1ccc(P(c2ccccc2)c2ccccc2)cc1.c1ccc(P(c2ccccc2)c2ccccc2)cc1.c1ccc(P(c2ccccc2)c2ccccc2)cc1.c1ccc(P(c2ccccc2)c2ccccc2)cc1. The van der Waals surface area contributed by atoms with Crippen LogP contribution in [0.5, 0.6) is 0 Å². The summed E-state index contributed by atoms with van der Waals surface area (Å²) in [6.45, 7) is 8.00. The molecule has 90 heavy (non-hydrogen) atoms. The summed E-state index contributed by atoms with van der Waals surface area (Å²) in [5.41, 5.74) is 0. The normalized spacial score (nSPS) is 9.56. The molecule has 4 N–H and O–H groups in total. The summed E-state index contributed by atoms with van der Waals surface area (Å²) in [5.74, 6) is 0. The van der Waals surface area contributed by atoms with E-state index in [1.807, 2.05) is 0 Å². The van der Waals surface area contributed by atoms with Gasteiger partial charge in [0.05, 0.1) is 0 Å². The van der Waals surface area contributed by atoms with E-state index in [2.05, 4.69) is 392 Å². The topological polar surface area (TPSA) is 111 Å². The van der Waals surface area contributed by atoms with E-state index in [4.69, 9.17) is 19.5 Å². The van der Waals surface area contributed by atoms with Crippen LogP contribution in [-0.4, -0.2) is 12.6 Å². The second kappa shape index (κ2) is 47.7. The van der Waals surface area contributed by atoms with Gasteiger partial charge in [0.15, 0.2) is 0 Å². The van der Waals surface area contributed by atoms with Gasteiger partial charge in [-0.15, -0.1) is 0 Å².